The first-order valence-corrected chi connectivity index (χ1v) is 3.83. The first kappa shape index (κ1) is 6.58. The van der Waals surface area contributed by atoms with Crippen LogP contribution in [0.3, 0.4) is 0 Å². The van der Waals surface area contributed by atoms with Crippen LogP contribution in [0.15, 0.2) is 18.6 Å². The fourth-order valence-corrected chi connectivity index (χ4v) is 0.986. The van der Waals surface area contributed by atoms with Crippen LogP contribution in [0.1, 0.15) is 19.8 Å². The van der Waals surface area contributed by atoms with E-state index in [0.717, 1.165) is 5.82 Å². The van der Waals surface area contributed by atoms with Crippen molar-refractivity contribution in [2.75, 3.05) is 5.32 Å². The molecule has 0 unspecified atom stereocenters. The lowest BCUT2D eigenvalue weighted by Gasteiger charge is -2.10. The van der Waals surface area contributed by atoms with Gasteiger partial charge in [0.25, 0.3) is 0 Å². The minimum atomic E-state index is 0.314. The van der Waals surface area contributed by atoms with Crippen LogP contribution in [0.4, 0.5) is 5.82 Å². The molecule has 1 saturated carbocycles. The standard InChI is InChI=1S/C8H11N3/c1-8(3-4-8)11-7-2-5-9-6-10-7/h2,5-6H,3-4H2,1H3,(H,9,10,11). The predicted octanol–water partition coefficient (Wildman–Crippen LogP) is 1.44. The molecule has 1 aliphatic rings. The Kier molecular flexibility index (Phi) is 1.31. The molecule has 0 aromatic carbocycles. The van der Waals surface area contributed by atoms with Gasteiger partial charge in [-0.1, -0.05) is 0 Å². The second-order valence-electron chi connectivity index (χ2n) is 3.28. The fraction of sp³-hybridized carbons (Fsp3) is 0.500. The van der Waals surface area contributed by atoms with Crippen LogP contribution in [-0.2, 0) is 0 Å². The van der Waals surface area contributed by atoms with Gasteiger partial charge in [0, 0.05) is 11.7 Å². The molecule has 0 amide bonds. The number of nitrogens with one attached hydrogen (secondary N) is 1. The van der Waals surface area contributed by atoms with E-state index in [1.807, 2.05) is 6.07 Å². The van der Waals surface area contributed by atoms with Crippen molar-refractivity contribution in [1.82, 2.24) is 9.97 Å². The summed E-state index contributed by atoms with van der Waals surface area (Å²) >= 11 is 0. The Hall–Kier alpha value is -1.12. The molecule has 0 bridgehead atoms. The van der Waals surface area contributed by atoms with E-state index in [2.05, 4.69) is 22.2 Å². The summed E-state index contributed by atoms with van der Waals surface area (Å²) < 4.78 is 0. The topological polar surface area (TPSA) is 37.8 Å². The summed E-state index contributed by atoms with van der Waals surface area (Å²) in [4.78, 5) is 7.93. The van der Waals surface area contributed by atoms with Crippen molar-refractivity contribution >= 4 is 5.82 Å². The summed E-state index contributed by atoms with van der Waals surface area (Å²) in [6.07, 6.45) is 5.81. The zero-order valence-electron chi connectivity index (χ0n) is 6.54. The lowest BCUT2D eigenvalue weighted by atomic mass is 10.3. The molecule has 3 heteroatoms. The highest BCUT2D eigenvalue weighted by molar-refractivity contribution is 5.37. The van der Waals surface area contributed by atoms with Crippen molar-refractivity contribution in [2.24, 2.45) is 0 Å². The summed E-state index contributed by atoms with van der Waals surface area (Å²) in [6.45, 7) is 2.20. The third-order valence-corrected chi connectivity index (χ3v) is 2.01. The van der Waals surface area contributed by atoms with Gasteiger partial charge < -0.3 is 5.32 Å². The number of hydrogen-bond donors (Lipinski definition) is 1. The zero-order valence-corrected chi connectivity index (χ0v) is 6.54. The lowest BCUT2D eigenvalue weighted by molar-refractivity contribution is 0.819. The second-order valence-corrected chi connectivity index (χ2v) is 3.28. The van der Waals surface area contributed by atoms with Gasteiger partial charge in [0.15, 0.2) is 0 Å². The number of aromatic nitrogens is 2. The van der Waals surface area contributed by atoms with Gasteiger partial charge in [-0.05, 0) is 25.8 Å². The Balaban J connectivity index is 2.07. The third-order valence-electron chi connectivity index (χ3n) is 2.01. The molecule has 0 radical (unpaired) electrons. The van der Waals surface area contributed by atoms with E-state index in [1.54, 1.807) is 12.5 Å². The summed E-state index contributed by atoms with van der Waals surface area (Å²) in [7, 11) is 0. The van der Waals surface area contributed by atoms with Crippen molar-refractivity contribution in [3.05, 3.63) is 18.6 Å². The average molecular weight is 149 g/mol. The van der Waals surface area contributed by atoms with Crippen LogP contribution in [0.25, 0.3) is 0 Å². The average Bonchev–Trinajstić information content (AvgIpc) is 2.70. The van der Waals surface area contributed by atoms with E-state index in [9.17, 15) is 0 Å². The van der Waals surface area contributed by atoms with Crippen molar-refractivity contribution in [3.8, 4) is 0 Å². The van der Waals surface area contributed by atoms with Crippen LogP contribution in [0.5, 0.6) is 0 Å². The number of hydrogen-bond acceptors (Lipinski definition) is 3. The molecule has 1 aromatic rings. The minimum absolute atomic E-state index is 0.314. The molecule has 1 aromatic heterocycles. The molecule has 2 rings (SSSR count). The second kappa shape index (κ2) is 2.19. The van der Waals surface area contributed by atoms with Gasteiger partial charge in [0.05, 0.1) is 0 Å². The van der Waals surface area contributed by atoms with Gasteiger partial charge in [0.2, 0.25) is 0 Å². The molecule has 1 aliphatic carbocycles. The van der Waals surface area contributed by atoms with E-state index in [0.29, 0.717) is 5.54 Å². The highest BCUT2D eigenvalue weighted by Crippen LogP contribution is 2.37. The Morgan fingerprint density at radius 2 is 2.36 bits per heavy atom. The van der Waals surface area contributed by atoms with E-state index >= 15 is 0 Å². The van der Waals surface area contributed by atoms with Gasteiger partial charge in [-0.2, -0.15) is 0 Å². The maximum atomic E-state index is 4.08. The molecule has 0 aliphatic heterocycles. The number of rotatable bonds is 2. The summed E-state index contributed by atoms with van der Waals surface area (Å²) in [5.41, 5.74) is 0.314. The Bertz CT molecular complexity index is 241. The minimum Gasteiger partial charge on any atom is -0.365 e. The van der Waals surface area contributed by atoms with Crippen molar-refractivity contribution in [1.29, 1.82) is 0 Å². The summed E-state index contributed by atoms with van der Waals surface area (Å²) in [6, 6.07) is 1.89. The van der Waals surface area contributed by atoms with Crippen LogP contribution < -0.4 is 5.32 Å². The molecular formula is C8H11N3. The van der Waals surface area contributed by atoms with Crippen molar-refractivity contribution < 1.29 is 0 Å². The van der Waals surface area contributed by atoms with Crippen LogP contribution in [0.2, 0.25) is 0 Å². The molecule has 1 fully saturated rings. The lowest BCUT2D eigenvalue weighted by Crippen LogP contribution is -2.16. The van der Waals surface area contributed by atoms with E-state index in [4.69, 9.17) is 0 Å². The largest absolute Gasteiger partial charge is 0.365 e. The van der Waals surface area contributed by atoms with E-state index in [1.165, 1.54) is 12.8 Å². The number of anilines is 1. The van der Waals surface area contributed by atoms with Gasteiger partial charge in [-0.25, -0.2) is 9.97 Å². The van der Waals surface area contributed by atoms with Crippen LogP contribution in [0, 0.1) is 0 Å². The maximum absolute atomic E-state index is 4.08. The maximum Gasteiger partial charge on any atom is 0.129 e. The predicted molar refractivity (Wildman–Crippen MR) is 43.3 cm³/mol. The molecule has 58 valence electrons. The van der Waals surface area contributed by atoms with Gasteiger partial charge >= 0.3 is 0 Å². The fourth-order valence-electron chi connectivity index (χ4n) is 0.986. The molecule has 0 spiro atoms. The molecule has 0 saturated heterocycles. The Morgan fingerprint density at radius 1 is 1.55 bits per heavy atom. The first-order chi connectivity index (χ1) is 5.29. The monoisotopic (exact) mass is 149 g/mol. The highest BCUT2D eigenvalue weighted by atomic mass is 15.1. The smallest absolute Gasteiger partial charge is 0.129 e. The van der Waals surface area contributed by atoms with Gasteiger partial charge in [0.1, 0.15) is 12.1 Å². The first-order valence-electron chi connectivity index (χ1n) is 3.83. The van der Waals surface area contributed by atoms with E-state index < -0.39 is 0 Å². The Morgan fingerprint density at radius 3 is 2.91 bits per heavy atom. The third kappa shape index (κ3) is 1.48. The van der Waals surface area contributed by atoms with E-state index in [-0.39, 0.29) is 0 Å². The van der Waals surface area contributed by atoms with Crippen molar-refractivity contribution in [3.63, 3.8) is 0 Å². The van der Waals surface area contributed by atoms with Crippen LogP contribution in [-0.4, -0.2) is 15.5 Å². The summed E-state index contributed by atoms with van der Waals surface area (Å²) in [5, 5.41) is 3.34. The molecular weight excluding hydrogens is 138 g/mol. The van der Waals surface area contributed by atoms with Gasteiger partial charge in [-0.15, -0.1) is 0 Å². The normalized spacial score (nSPS) is 19.4. The highest BCUT2D eigenvalue weighted by Gasteiger charge is 2.37. The zero-order chi connectivity index (χ0) is 7.73. The quantitative estimate of drug-likeness (QED) is 0.691. The van der Waals surface area contributed by atoms with Gasteiger partial charge in [-0.3, -0.25) is 0 Å². The summed E-state index contributed by atoms with van der Waals surface area (Å²) in [5.74, 6) is 0.931. The van der Waals surface area contributed by atoms with Crippen molar-refractivity contribution in [2.45, 2.75) is 25.3 Å². The molecule has 1 N–H and O–H groups in total. The van der Waals surface area contributed by atoms with Crippen LogP contribution >= 0.6 is 0 Å². The molecule has 1 heterocycles. The number of nitrogens with zero attached hydrogens (tertiary/aromatic N) is 2. The Labute approximate surface area is 65.9 Å². The molecule has 0 atom stereocenters. The molecule has 3 nitrogen and oxygen atoms in total. The SMILES string of the molecule is CC1(Nc2ccncn2)CC1. The molecule has 11 heavy (non-hydrogen) atoms.